The maximum absolute atomic E-state index is 6.03. The maximum atomic E-state index is 6.03. The number of benzene rings is 2. The number of nitrogen functional groups attached to an aromatic ring is 1. The molecule has 0 bridgehead atoms. The van der Waals surface area contributed by atoms with Gasteiger partial charge in [-0.3, -0.25) is 4.98 Å². The number of nitrogens with two attached hydrogens (primary N) is 1. The molecule has 106 valence electrons. The van der Waals surface area contributed by atoms with E-state index in [0.29, 0.717) is 0 Å². The van der Waals surface area contributed by atoms with Gasteiger partial charge in [0.1, 0.15) is 0 Å². The van der Waals surface area contributed by atoms with Crippen LogP contribution in [0.25, 0.3) is 10.8 Å². The summed E-state index contributed by atoms with van der Waals surface area (Å²) in [4.78, 5) is 4.21. The van der Waals surface area contributed by atoms with E-state index in [1.165, 1.54) is 5.56 Å². The van der Waals surface area contributed by atoms with Crippen LogP contribution in [-0.4, -0.2) is 4.98 Å². The lowest BCUT2D eigenvalue weighted by atomic mass is 10.1. The van der Waals surface area contributed by atoms with E-state index < -0.39 is 0 Å². The first-order valence-electron chi connectivity index (χ1n) is 6.79. The second-order valence-electron chi connectivity index (χ2n) is 5.04. The van der Waals surface area contributed by atoms with Crippen molar-refractivity contribution in [1.29, 1.82) is 0 Å². The fourth-order valence-corrected chi connectivity index (χ4v) is 2.85. The summed E-state index contributed by atoms with van der Waals surface area (Å²) in [5, 5.41) is 5.60. The minimum atomic E-state index is 0.189. The van der Waals surface area contributed by atoms with Gasteiger partial charge in [-0.15, -0.1) is 0 Å². The molecule has 0 fully saturated rings. The number of aromatic nitrogens is 1. The minimum Gasteiger partial charge on any atom is -0.398 e. The molecule has 1 atom stereocenters. The van der Waals surface area contributed by atoms with Crippen LogP contribution in [0.2, 0.25) is 0 Å². The number of hydrogen-bond donors (Lipinski definition) is 2. The summed E-state index contributed by atoms with van der Waals surface area (Å²) < 4.78 is 1.08. The molecule has 0 saturated carbocycles. The lowest BCUT2D eigenvalue weighted by molar-refractivity contribution is 0.886. The smallest absolute Gasteiger partial charge is 0.0486 e. The number of hydrogen-bond acceptors (Lipinski definition) is 3. The molecule has 0 radical (unpaired) electrons. The third kappa shape index (κ3) is 2.85. The van der Waals surface area contributed by atoms with Crippen LogP contribution < -0.4 is 11.1 Å². The quantitative estimate of drug-likeness (QED) is 0.675. The van der Waals surface area contributed by atoms with E-state index in [1.807, 2.05) is 36.5 Å². The molecule has 0 saturated heterocycles. The maximum Gasteiger partial charge on any atom is 0.0486 e. The van der Waals surface area contributed by atoms with Crippen molar-refractivity contribution in [3.05, 3.63) is 64.9 Å². The molecule has 0 aliphatic heterocycles. The lowest BCUT2D eigenvalue weighted by Crippen LogP contribution is -2.07. The van der Waals surface area contributed by atoms with Crippen molar-refractivity contribution in [2.45, 2.75) is 13.0 Å². The molecule has 3 nitrogen and oxygen atoms in total. The number of fused-ring (bicyclic) bond motifs is 1. The van der Waals surface area contributed by atoms with Crippen molar-refractivity contribution in [3.63, 3.8) is 0 Å². The monoisotopic (exact) mass is 341 g/mol. The minimum absolute atomic E-state index is 0.189. The van der Waals surface area contributed by atoms with Gasteiger partial charge in [0.2, 0.25) is 0 Å². The topological polar surface area (TPSA) is 50.9 Å². The highest BCUT2D eigenvalue weighted by atomic mass is 79.9. The summed E-state index contributed by atoms with van der Waals surface area (Å²) in [5.41, 5.74) is 9.06. The number of nitrogens with one attached hydrogen (secondary N) is 1. The van der Waals surface area contributed by atoms with Crippen LogP contribution in [0, 0.1) is 0 Å². The Hall–Kier alpha value is -2.07. The first-order valence-corrected chi connectivity index (χ1v) is 7.58. The van der Waals surface area contributed by atoms with Crippen molar-refractivity contribution in [2.24, 2.45) is 0 Å². The fourth-order valence-electron chi connectivity index (χ4n) is 2.43. The van der Waals surface area contributed by atoms with Crippen LogP contribution >= 0.6 is 15.9 Å². The van der Waals surface area contributed by atoms with Crippen LogP contribution in [-0.2, 0) is 0 Å². The Morgan fingerprint density at radius 3 is 2.81 bits per heavy atom. The summed E-state index contributed by atoms with van der Waals surface area (Å²) in [6.07, 6.45) is 3.61. The average Bonchev–Trinajstić information content (AvgIpc) is 2.50. The van der Waals surface area contributed by atoms with E-state index in [1.54, 1.807) is 6.20 Å². The van der Waals surface area contributed by atoms with Crippen LogP contribution in [0.1, 0.15) is 18.5 Å². The predicted molar refractivity (Wildman–Crippen MR) is 92.3 cm³/mol. The van der Waals surface area contributed by atoms with Crippen LogP contribution in [0.15, 0.2) is 59.3 Å². The Morgan fingerprint density at radius 1 is 1.14 bits per heavy atom. The molecule has 3 aromatic rings. The largest absolute Gasteiger partial charge is 0.398 e. The molecule has 1 aromatic heterocycles. The molecule has 3 N–H and O–H groups in total. The fraction of sp³-hybridized carbons (Fsp3) is 0.118. The summed E-state index contributed by atoms with van der Waals surface area (Å²) in [7, 11) is 0. The summed E-state index contributed by atoms with van der Waals surface area (Å²) >= 11 is 3.51. The van der Waals surface area contributed by atoms with Gasteiger partial charge in [0.25, 0.3) is 0 Å². The van der Waals surface area contributed by atoms with Crippen molar-refractivity contribution in [2.75, 3.05) is 11.1 Å². The number of anilines is 2. The molecule has 2 aromatic carbocycles. The Balaban J connectivity index is 1.97. The molecule has 1 heterocycles. The molecular formula is C17H16BrN3. The predicted octanol–water partition coefficient (Wildman–Crippen LogP) is 4.75. The highest BCUT2D eigenvalue weighted by molar-refractivity contribution is 9.10. The van der Waals surface area contributed by atoms with Gasteiger partial charge >= 0.3 is 0 Å². The van der Waals surface area contributed by atoms with Crippen LogP contribution in [0.4, 0.5) is 11.4 Å². The zero-order valence-electron chi connectivity index (χ0n) is 11.7. The van der Waals surface area contributed by atoms with Crippen molar-refractivity contribution in [1.82, 2.24) is 4.98 Å². The zero-order chi connectivity index (χ0) is 14.8. The Labute approximate surface area is 132 Å². The standard InChI is InChI=1S/C17H16BrN3/c1-11(12-3-2-4-13(18)9-12)21-17-6-5-16(19)14-7-8-20-10-15(14)17/h2-11,21H,19H2,1H3. The van der Waals surface area contributed by atoms with Gasteiger partial charge in [-0.2, -0.15) is 0 Å². The molecule has 21 heavy (non-hydrogen) atoms. The SMILES string of the molecule is CC(Nc1ccc(N)c2ccncc12)c1cccc(Br)c1. The van der Waals surface area contributed by atoms with Gasteiger partial charge in [-0.05, 0) is 42.8 Å². The summed E-state index contributed by atoms with van der Waals surface area (Å²) in [6, 6.07) is 14.4. The van der Waals surface area contributed by atoms with Crippen molar-refractivity contribution in [3.8, 4) is 0 Å². The van der Waals surface area contributed by atoms with E-state index in [9.17, 15) is 0 Å². The Morgan fingerprint density at radius 2 is 2.00 bits per heavy atom. The number of pyridine rings is 1. The molecule has 0 aliphatic carbocycles. The van der Waals surface area contributed by atoms with Gasteiger partial charge in [0.15, 0.2) is 0 Å². The Bertz CT molecular complexity index is 786. The molecule has 4 heteroatoms. The van der Waals surface area contributed by atoms with Gasteiger partial charge in [-0.25, -0.2) is 0 Å². The Kier molecular flexibility index (Phi) is 3.80. The molecule has 0 amide bonds. The third-order valence-electron chi connectivity index (χ3n) is 3.57. The number of rotatable bonds is 3. The highest BCUT2D eigenvalue weighted by Gasteiger charge is 2.09. The highest BCUT2D eigenvalue weighted by Crippen LogP contribution is 2.30. The lowest BCUT2D eigenvalue weighted by Gasteiger charge is -2.18. The first-order chi connectivity index (χ1) is 10.1. The summed E-state index contributed by atoms with van der Waals surface area (Å²) in [5.74, 6) is 0. The van der Waals surface area contributed by atoms with Crippen molar-refractivity contribution < 1.29 is 0 Å². The summed E-state index contributed by atoms with van der Waals surface area (Å²) in [6.45, 7) is 2.14. The number of halogens is 1. The first kappa shape index (κ1) is 13.9. The van der Waals surface area contributed by atoms with Crippen LogP contribution in [0.3, 0.4) is 0 Å². The molecule has 1 unspecified atom stereocenters. The number of nitrogens with zero attached hydrogens (tertiary/aromatic N) is 1. The van der Waals surface area contributed by atoms with E-state index >= 15 is 0 Å². The molecule has 0 spiro atoms. The molecular weight excluding hydrogens is 326 g/mol. The van der Waals surface area contributed by atoms with Crippen LogP contribution in [0.5, 0.6) is 0 Å². The van der Waals surface area contributed by atoms with E-state index in [0.717, 1.165) is 26.6 Å². The van der Waals surface area contributed by atoms with Gasteiger partial charge < -0.3 is 11.1 Å². The zero-order valence-corrected chi connectivity index (χ0v) is 13.3. The average molecular weight is 342 g/mol. The van der Waals surface area contributed by atoms with Gasteiger partial charge in [-0.1, -0.05) is 28.1 Å². The van der Waals surface area contributed by atoms with Gasteiger partial charge in [0.05, 0.1) is 0 Å². The second kappa shape index (κ2) is 5.74. The third-order valence-corrected chi connectivity index (χ3v) is 4.07. The van der Waals surface area contributed by atoms with Crippen molar-refractivity contribution >= 4 is 38.1 Å². The van der Waals surface area contributed by atoms with E-state index in [4.69, 9.17) is 5.73 Å². The van der Waals surface area contributed by atoms with E-state index in [-0.39, 0.29) is 6.04 Å². The second-order valence-corrected chi connectivity index (χ2v) is 5.96. The molecule has 0 aliphatic rings. The van der Waals surface area contributed by atoms with E-state index in [2.05, 4.69) is 45.3 Å². The molecule has 3 rings (SSSR count). The normalized spacial score (nSPS) is 12.3. The van der Waals surface area contributed by atoms with Gasteiger partial charge in [0, 0.05) is 45.1 Å².